The van der Waals surface area contributed by atoms with Gasteiger partial charge in [0.1, 0.15) is 18.3 Å². The van der Waals surface area contributed by atoms with Crippen molar-refractivity contribution in [2.45, 2.75) is 19.4 Å². The number of imide groups is 1. The van der Waals surface area contributed by atoms with Crippen LogP contribution in [0.3, 0.4) is 0 Å². The van der Waals surface area contributed by atoms with E-state index in [2.05, 4.69) is 5.32 Å². The number of carbonyl (C=O) groups excluding carboxylic acids is 3. The zero-order chi connectivity index (χ0) is 14.9. The Hall–Kier alpha value is -1.64. The number of phenolic OH excluding ortho intramolecular Hbond substituents is 1. The monoisotopic (exact) mass is 388 g/mol. The highest BCUT2D eigenvalue weighted by atomic mass is 127. The molecule has 0 aromatic heterocycles. The molecular weight excluding hydrogens is 375 g/mol. The van der Waals surface area contributed by atoms with E-state index in [4.69, 9.17) is 0 Å². The normalized spacial score (nSPS) is 18.9. The summed E-state index contributed by atoms with van der Waals surface area (Å²) < 4.78 is 0.624. The lowest BCUT2D eigenvalue weighted by molar-refractivity contribution is -0.138. The number of amides is 3. The minimum absolute atomic E-state index is 0.00251. The van der Waals surface area contributed by atoms with Crippen molar-refractivity contribution in [1.29, 1.82) is 0 Å². The third-order valence-electron chi connectivity index (χ3n) is 3.10. The molecule has 2 N–H and O–H groups in total. The molecule has 1 fully saturated rings. The highest BCUT2D eigenvalue weighted by Crippen LogP contribution is 2.22. The van der Waals surface area contributed by atoms with Gasteiger partial charge in [-0.15, -0.1) is 0 Å². The lowest BCUT2D eigenvalue weighted by Crippen LogP contribution is -2.59. The SMILES string of the molecule is CCC1C(=O)NC(=O)CN1C(=O)c1ccc(I)c(O)c1. The quantitative estimate of drug-likeness (QED) is 0.582. The third kappa shape index (κ3) is 2.77. The molecule has 0 aliphatic carbocycles. The molecule has 1 heterocycles. The topological polar surface area (TPSA) is 86.7 Å². The fourth-order valence-electron chi connectivity index (χ4n) is 2.10. The summed E-state index contributed by atoms with van der Waals surface area (Å²) in [6.07, 6.45) is 0.418. The van der Waals surface area contributed by atoms with Gasteiger partial charge in [-0.25, -0.2) is 0 Å². The van der Waals surface area contributed by atoms with Gasteiger partial charge in [-0.05, 0) is 47.2 Å². The fraction of sp³-hybridized carbons (Fsp3) is 0.308. The van der Waals surface area contributed by atoms with E-state index in [-0.39, 0.29) is 17.9 Å². The number of nitrogens with one attached hydrogen (secondary N) is 1. The second-order valence-electron chi connectivity index (χ2n) is 4.44. The summed E-state index contributed by atoms with van der Waals surface area (Å²) in [7, 11) is 0. The van der Waals surface area contributed by atoms with E-state index in [1.165, 1.54) is 11.0 Å². The average molecular weight is 388 g/mol. The van der Waals surface area contributed by atoms with Crippen LogP contribution >= 0.6 is 22.6 Å². The molecule has 7 heteroatoms. The number of hydrogen-bond acceptors (Lipinski definition) is 4. The molecule has 0 spiro atoms. The number of aromatic hydroxyl groups is 1. The first-order valence-corrected chi connectivity index (χ1v) is 7.15. The van der Waals surface area contributed by atoms with Gasteiger partial charge in [-0.1, -0.05) is 6.92 Å². The number of hydrogen-bond donors (Lipinski definition) is 2. The van der Waals surface area contributed by atoms with Gasteiger partial charge in [0.25, 0.3) is 5.91 Å². The van der Waals surface area contributed by atoms with Crippen LogP contribution in [0.4, 0.5) is 0 Å². The van der Waals surface area contributed by atoms with Crippen molar-refractivity contribution in [3.63, 3.8) is 0 Å². The predicted molar refractivity (Wildman–Crippen MR) is 79.1 cm³/mol. The van der Waals surface area contributed by atoms with E-state index in [0.717, 1.165) is 0 Å². The molecule has 6 nitrogen and oxygen atoms in total. The Balaban J connectivity index is 2.32. The first-order chi connectivity index (χ1) is 9.43. The minimum atomic E-state index is -0.665. The molecule has 1 atom stereocenters. The van der Waals surface area contributed by atoms with Gasteiger partial charge in [0.05, 0.1) is 3.57 Å². The Kier molecular flexibility index (Phi) is 4.26. The van der Waals surface area contributed by atoms with E-state index >= 15 is 0 Å². The zero-order valence-corrected chi connectivity index (χ0v) is 12.9. The summed E-state index contributed by atoms with van der Waals surface area (Å²) >= 11 is 1.94. The molecule has 0 bridgehead atoms. The van der Waals surface area contributed by atoms with E-state index in [1.54, 1.807) is 19.1 Å². The van der Waals surface area contributed by atoms with Gasteiger partial charge in [-0.2, -0.15) is 0 Å². The van der Waals surface area contributed by atoms with Gasteiger partial charge < -0.3 is 10.0 Å². The molecule has 20 heavy (non-hydrogen) atoms. The Morgan fingerprint density at radius 1 is 1.50 bits per heavy atom. The number of phenols is 1. The van der Waals surface area contributed by atoms with Crippen molar-refractivity contribution >= 4 is 40.3 Å². The second-order valence-corrected chi connectivity index (χ2v) is 5.60. The molecular formula is C13H13IN2O4. The molecule has 3 amide bonds. The number of nitrogens with zero attached hydrogens (tertiary/aromatic N) is 1. The standard InChI is InChI=1S/C13H13IN2O4/c1-2-9-12(19)15-11(18)6-16(9)13(20)7-3-4-8(14)10(17)5-7/h3-5,9,17H,2,6H2,1H3,(H,15,18,19). The second kappa shape index (κ2) is 5.78. The average Bonchev–Trinajstić information content (AvgIpc) is 2.40. The molecule has 106 valence electrons. The van der Waals surface area contributed by atoms with E-state index in [9.17, 15) is 19.5 Å². The van der Waals surface area contributed by atoms with Gasteiger partial charge >= 0.3 is 0 Å². The lowest BCUT2D eigenvalue weighted by Gasteiger charge is -2.33. The largest absolute Gasteiger partial charge is 0.507 e. The molecule has 1 unspecified atom stereocenters. The number of halogens is 1. The highest BCUT2D eigenvalue weighted by Gasteiger charge is 2.35. The van der Waals surface area contributed by atoms with Crippen LogP contribution in [0.2, 0.25) is 0 Å². The molecule has 1 saturated heterocycles. The van der Waals surface area contributed by atoms with Crippen LogP contribution in [-0.4, -0.2) is 40.3 Å². The maximum absolute atomic E-state index is 12.4. The van der Waals surface area contributed by atoms with Crippen molar-refractivity contribution in [1.82, 2.24) is 10.2 Å². The Morgan fingerprint density at radius 3 is 2.80 bits per heavy atom. The Bertz CT molecular complexity index is 588. The predicted octanol–water partition coefficient (Wildman–Crippen LogP) is 0.874. The molecule has 1 aliphatic heterocycles. The molecule has 1 aliphatic rings. The van der Waals surface area contributed by atoms with Crippen LogP contribution in [0.5, 0.6) is 5.75 Å². The van der Waals surface area contributed by atoms with Crippen LogP contribution in [0.1, 0.15) is 23.7 Å². The van der Waals surface area contributed by atoms with Gasteiger partial charge in [0.15, 0.2) is 0 Å². The van der Waals surface area contributed by atoms with Crippen LogP contribution in [0, 0.1) is 3.57 Å². The van der Waals surface area contributed by atoms with Crippen LogP contribution in [-0.2, 0) is 9.59 Å². The summed E-state index contributed by atoms with van der Waals surface area (Å²) in [4.78, 5) is 36.8. The minimum Gasteiger partial charge on any atom is -0.507 e. The Labute approximate surface area is 129 Å². The van der Waals surface area contributed by atoms with Crippen molar-refractivity contribution in [3.05, 3.63) is 27.3 Å². The molecule has 1 aromatic carbocycles. The number of piperazine rings is 1. The Morgan fingerprint density at radius 2 is 2.20 bits per heavy atom. The van der Waals surface area contributed by atoms with Crippen molar-refractivity contribution in [2.24, 2.45) is 0 Å². The molecule has 0 radical (unpaired) electrons. The summed E-state index contributed by atoms with van der Waals surface area (Å²) in [5.41, 5.74) is 0.254. The van der Waals surface area contributed by atoms with Gasteiger partial charge in [-0.3, -0.25) is 19.7 Å². The van der Waals surface area contributed by atoms with Crippen LogP contribution in [0.15, 0.2) is 18.2 Å². The summed E-state index contributed by atoms with van der Waals surface area (Å²) in [5.74, 6) is -1.40. The summed E-state index contributed by atoms with van der Waals surface area (Å²) in [5, 5.41) is 11.9. The first kappa shape index (κ1) is 14.8. The third-order valence-corrected chi connectivity index (χ3v) is 4.01. The lowest BCUT2D eigenvalue weighted by atomic mass is 10.1. The fourth-order valence-corrected chi connectivity index (χ4v) is 2.43. The summed E-state index contributed by atoms with van der Waals surface area (Å²) in [6, 6.07) is 3.85. The smallest absolute Gasteiger partial charge is 0.255 e. The van der Waals surface area contributed by atoms with Gasteiger partial charge in [0, 0.05) is 5.56 Å². The number of benzene rings is 1. The molecule has 1 aromatic rings. The van der Waals surface area contributed by atoms with E-state index in [1.807, 2.05) is 22.6 Å². The maximum Gasteiger partial charge on any atom is 0.255 e. The first-order valence-electron chi connectivity index (χ1n) is 6.07. The maximum atomic E-state index is 12.4. The molecule has 0 saturated carbocycles. The van der Waals surface area contributed by atoms with Crippen LogP contribution < -0.4 is 5.32 Å². The van der Waals surface area contributed by atoms with Crippen molar-refractivity contribution in [2.75, 3.05) is 6.54 Å². The van der Waals surface area contributed by atoms with Crippen LogP contribution in [0.25, 0.3) is 0 Å². The molecule has 2 rings (SSSR count). The van der Waals surface area contributed by atoms with E-state index < -0.39 is 23.8 Å². The summed E-state index contributed by atoms with van der Waals surface area (Å²) in [6.45, 7) is 1.61. The van der Waals surface area contributed by atoms with Crippen molar-refractivity contribution < 1.29 is 19.5 Å². The number of rotatable bonds is 2. The number of carbonyl (C=O) groups is 3. The van der Waals surface area contributed by atoms with E-state index in [0.29, 0.717) is 9.99 Å². The van der Waals surface area contributed by atoms with Crippen molar-refractivity contribution in [3.8, 4) is 5.75 Å². The zero-order valence-electron chi connectivity index (χ0n) is 10.7. The van der Waals surface area contributed by atoms with Gasteiger partial charge in [0.2, 0.25) is 11.8 Å². The highest BCUT2D eigenvalue weighted by molar-refractivity contribution is 14.1.